The van der Waals surface area contributed by atoms with E-state index in [2.05, 4.69) is 310 Å². The summed E-state index contributed by atoms with van der Waals surface area (Å²) in [4.78, 5) is 2.56. The van der Waals surface area contributed by atoms with E-state index in [1.165, 1.54) is 48.5 Å². The molecule has 4 nitrogen and oxygen atoms in total. The van der Waals surface area contributed by atoms with Crippen molar-refractivity contribution in [1.29, 1.82) is 0 Å². The Morgan fingerprint density at radius 2 is 0.573 bits per heavy atom. The van der Waals surface area contributed by atoms with Crippen molar-refractivity contribution in [2.24, 2.45) is 25.1 Å². The van der Waals surface area contributed by atoms with Crippen LogP contribution >= 0.6 is 69.0 Å². The van der Waals surface area contributed by atoms with Gasteiger partial charge in [0.1, 0.15) is 0 Å². The molecule has 0 saturated carbocycles. The van der Waals surface area contributed by atoms with Crippen LogP contribution in [0.3, 0.4) is 0 Å². The Balaban J connectivity index is 1.41. The Kier molecular flexibility index (Phi) is 15.2. The van der Waals surface area contributed by atoms with Gasteiger partial charge in [0.2, 0.25) is 0 Å². The highest BCUT2D eigenvalue weighted by Crippen LogP contribution is 2.69. The van der Waals surface area contributed by atoms with Crippen molar-refractivity contribution in [3.8, 4) is 0 Å². The minimum Gasteiger partial charge on any atom is -0.290 e. The molecule has 0 radical (unpaired) electrons. The van der Waals surface area contributed by atoms with E-state index >= 15 is 0 Å². The van der Waals surface area contributed by atoms with E-state index in [-0.39, 0.29) is 5.41 Å². The van der Waals surface area contributed by atoms with E-state index in [4.69, 9.17) is 14.2 Å². The molecule has 3 aliphatic heterocycles. The zero-order chi connectivity index (χ0) is 51.7. The second-order valence-electron chi connectivity index (χ2n) is 21.1. The normalized spacial score (nSPS) is 19.0. The van der Waals surface area contributed by atoms with Crippen LogP contribution in [0, 0.1) is 10.8 Å². The highest BCUT2D eigenvalue weighted by molar-refractivity contribution is 9.11. The number of benzene rings is 9. The van der Waals surface area contributed by atoms with Crippen LogP contribution in [0.25, 0.3) is 0 Å². The Hall–Kier alpha value is -4.93. The average Bonchev–Trinajstić information content (AvgIpc) is 3.44. The van der Waals surface area contributed by atoms with Crippen molar-refractivity contribution >= 4 is 118 Å². The summed E-state index contributed by atoms with van der Waals surface area (Å²) in [6, 6.07) is 88.5. The fraction of sp³-hybridized carbons (Fsp3) is 0.169. The van der Waals surface area contributed by atoms with Gasteiger partial charge in [-0.1, -0.05) is 251 Å². The summed E-state index contributed by atoms with van der Waals surface area (Å²) in [6.45, 7) is 9.54. The number of hydrogen-bond acceptors (Lipinski definition) is 4. The van der Waals surface area contributed by atoms with Crippen LogP contribution in [0.5, 0.6) is 0 Å². The summed E-state index contributed by atoms with van der Waals surface area (Å²) in [5, 5.41) is 7.55. The molecule has 9 aromatic rings. The van der Waals surface area contributed by atoms with E-state index in [1.807, 2.05) is 0 Å². The van der Waals surface area contributed by atoms with Crippen LogP contribution in [-0.2, 0) is 19.6 Å². The molecule has 376 valence electrons. The van der Waals surface area contributed by atoms with Gasteiger partial charge >= 0.3 is 0 Å². The van der Waals surface area contributed by atoms with Crippen molar-refractivity contribution in [3.05, 3.63) is 267 Å². The highest BCUT2D eigenvalue weighted by atomic mass is 79.9. The van der Waals surface area contributed by atoms with E-state index in [0.29, 0.717) is 19.6 Å². The van der Waals surface area contributed by atoms with Crippen LogP contribution in [0.4, 0.5) is 17.1 Å². The molecule has 0 amide bonds. The first-order valence-electron chi connectivity index (χ1n) is 25.6. The summed E-state index contributed by atoms with van der Waals surface area (Å²) in [7, 11) is -8.60. The molecule has 3 aliphatic rings. The van der Waals surface area contributed by atoms with E-state index in [9.17, 15) is 0 Å². The molecule has 0 saturated heterocycles. The first-order valence-corrected chi connectivity index (χ1v) is 33.8. The number of halogens is 3. The topological polar surface area (TPSA) is 40.3 Å². The molecule has 75 heavy (non-hydrogen) atoms. The summed E-state index contributed by atoms with van der Waals surface area (Å²) in [5.41, 5.74) is 5.54. The highest BCUT2D eigenvalue weighted by Gasteiger charge is 2.53. The van der Waals surface area contributed by atoms with E-state index < -0.39 is 26.6 Å². The second-order valence-corrected chi connectivity index (χ2v) is 32.9. The zero-order valence-electron chi connectivity index (χ0n) is 42.5. The van der Waals surface area contributed by atoms with Gasteiger partial charge in [-0.15, -0.1) is 0 Å². The second kappa shape index (κ2) is 21.8. The molecule has 12 rings (SSSR count). The van der Waals surface area contributed by atoms with Gasteiger partial charge in [-0.2, -0.15) is 0 Å². The van der Waals surface area contributed by atoms with Crippen molar-refractivity contribution in [3.63, 3.8) is 0 Å². The van der Waals surface area contributed by atoms with Crippen LogP contribution in [0.15, 0.2) is 264 Å². The quantitative estimate of drug-likeness (QED) is 0.153. The zero-order valence-corrected chi connectivity index (χ0v) is 50.0. The minimum absolute atomic E-state index is 0.385. The Morgan fingerprint density at radius 1 is 0.347 bits per heavy atom. The molecular formula is C65H60Br3N4P3. The maximum Gasteiger partial charge on any atom is 0.0625 e. The van der Waals surface area contributed by atoms with E-state index in [0.717, 1.165) is 49.0 Å². The lowest BCUT2D eigenvalue weighted by Gasteiger charge is -2.53. The number of rotatable bonds is 6. The molecule has 0 aromatic heterocycles. The smallest absolute Gasteiger partial charge is 0.0625 e. The lowest BCUT2D eigenvalue weighted by Crippen LogP contribution is -2.50. The SMILES string of the molecule is CC(C)(C)C12CP(c3ccccc3)(c3ccccc3)=Nc3ccc(Br)c(c3)CN(Cc3cc(ccc3Br)N=P(c3ccccc3)(c3ccccc3)C1)Cc1cc(ccc1Br)N=P(c1ccccc1)(c1ccccc1)C2. The predicted octanol–water partition coefficient (Wildman–Crippen LogP) is 17.7. The van der Waals surface area contributed by atoms with Crippen molar-refractivity contribution in [2.45, 2.75) is 40.4 Å². The standard InChI is InChI=1S/C65H60Br3N4P3/c1-64(2,3)65-46-73(55-22-10-4-11-23-55,56-24-12-5-13-25-56)69-52-34-37-61(66)49(40-52)43-72(44-50-41-53(35-38-62(50)67)70-74(47-65,57-26-14-6-15-27-57)58-28-16-7-17-29-58)45-51-42-54(36-39-63(51)68)71-75(48-65,59-30-18-8-19-31-59)60-32-20-9-21-33-60/h4-42H,43-48H2,1-3H3. The molecule has 3 heterocycles. The molecule has 0 unspecified atom stereocenters. The third-order valence-electron chi connectivity index (χ3n) is 15.4. The van der Waals surface area contributed by atoms with Gasteiger partial charge in [0.25, 0.3) is 0 Å². The third-order valence-corrected chi connectivity index (χ3v) is 29.6. The fourth-order valence-electron chi connectivity index (χ4n) is 11.4. The first kappa shape index (κ1) is 52.1. The molecule has 0 N–H and O–H groups in total. The van der Waals surface area contributed by atoms with Crippen molar-refractivity contribution in [1.82, 2.24) is 4.90 Å². The molecule has 0 atom stereocenters. The maximum atomic E-state index is 6.46. The Bertz CT molecular complexity index is 3160. The monoisotopic (exact) mass is 1230 g/mol. The van der Waals surface area contributed by atoms with Crippen LogP contribution in [0.1, 0.15) is 37.5 Å². The number of hydrogen-bond donors (Lipinski definition) is 0. The number of nitrogens with zero attached hydrogens (tertiary/aromatic N) is 4. The molecular weight excluding hydrogens is 1170 g/mol. The van der Waals surface area contributed by atoms with Gasteiger partial charge in [0.05, 0.1) is 17.1 Å². The van der Waals surface area contributed by atoms with E-state index in [1.54, 1.807) is 0 Å². The van der Waals surface area contributed by atoms with Gasteiger partial charge < -0.3 is 0 Å². The molecule has 8 bridgehead atoms. The Labute approximate surface area is 469 Å². The lowest BCUT2D eigenvalue weighted by molar-refractivity contribution is 0.170. The summed E-state index contributed by atoms with van der Waals surface area (Å²) in [5.74, 6) is 0. The molecule has 0 fully saturated rings. The van der Waals surface area contributed by atoms with Gasteiger partial charge in [0.15, 0.2) is 0 Å². The van der Waals surface area contributed by atoms with Crippen LogP contribution in [-0.4, -0.2) is 23.4 Å². The minimum atomic E-state index is -2.87. The Morgan fingerprint density at radius 3 is 0.787 bits per heavy atom. The predicted molar refractivity (Wildman–Crippen MR) is 335 cm³/mol. The fourth-order valence-corrected chi connectivity index (χ4v) is 26.2. The summed E-state index contributed by atoms with van der Waals surface area (Å²) < 4.78 is 22.6. The van der Waals surface area contributed by atoms with Gasteiger partial charge in [-0.3, -0.25) is 19.1 Å². The van der Waals surface area contributed by atoms with Crippen molar-refractivity contribution in [2.75, 3.05) is 18.5 Å². The molecule has 0 spiro atoms. The lowest BCUT2D eigenvalue weighted by atomic mass is 9.70. The number of fused-ring (bicyclic) bond motifs is 3. The maximum absolute atomic E-state index is 6.46. The third kappa shape index (κ3) is 10.5. The average molecular weight is 1230 g/mol. The van der Waals surface area contributed by atoms with Gasteiger partial charge in [-0.05, 0) is 132 Å². The molecule has 0 aliphatic carbocycles. The van der Waals surface area contributed by atoms with Crippen molar-refractivity contribution < 1.29 is 0 Å². The van der Waals surface area contributed by atoms with Crippen LogP contribution in [0.2, 0.25) is 0 Å². The van der Waals surface area contributed by atoms with Gasteiger partial charge in [0, 0.05) is 54.2 Å². The summed E-state index contributed by atoms with van der Waals surface area (Å²) >= 11 is 12.2. The van der Waals surface area contributed by atoms with Gasteiger partial charge in [-0.25, -0.2) is 0 Å². The first-order chi connectivity index (χ1) is 36.4. The largest absolute Gasteiger partial charge is 0.290 e. The molecule has 9 aromatic carbocycles. The molecule has 10 heteroatoms. The summed E-state index contributed by atoms with van der Waals surface area (Å²) in [6.07, 6.45) is 2.25. The van der Waals surface area contributed by atoms with Crippen LogP contribution < -0.4 is 31.8 Å².